The number of hydrogen-bond donors (Lipinski definition) is 1. The molecule has 0 unspecified atom stereocenters. The molecule has 0 radical (unpaired) electrons. The maximum Gasteiger partial charge on any atom is 0.0946 e. The fraction of sp³-hybridized carbons (Fsp3) is 0.273. The van der Waals surface area contributed by atoms with E-state index in [9.17, 15) is 4.21 Å². The highest BCUT2D eigenvalue weighted by Crippen LogP contribution is 2.22. The maximum atomic E-state index is 11.2. The fourth-order valence-electron chi connectivity index (χ4n) is 1.47. The van der Waals surface area contributed by atoms with Gasteiger partial charge in [0.15, 0.2) is 0 Å². The van der Waals surface area contributed by atoms with Crippen LogP contribution in [-0.4, -0.2) is 20.1 Å². The standard InChI is InChI=1S/C11H12ClN3OS2/c1-18(16)7-8-4-9(2-3-11(8)12)13-5-10-6-17-15-14-10/h2-4,6,13H,5,7H2,1H3/t18-/m0/s1. The molecule has 0 aliphatic heterocycles. The third-order valence-electron chi connectivity index (χ3n) is 2.28. The van der Waals surface area contributed by atoms with Gasteiger partial charge in [0.25, 0.3) is 0 Å². The van der Waals surface area contributed by atoms with Crippen LogP contribution < -0.4 is 5.32 Å². The first-order chi connectivity index (χ1) is 8.65. The SMILES string of the molecule is C[S@](=O)Cc1cc(NCc2csnn2)ccc1Cl. The summed E-state index contributed by atoms with van der Waals surface area (Å²) in [5.74, 6) is 0.465. The van der Waals surface area contributed by atoms with Crippen LogP contribution in [-0.2, 0) is 23.1 Å². The van der Waals surface area contributed by atoms with E-state index in [0.29, 0.717) is 17.3 Å². The molecule has 1 heterocycles. The Morgan fingerprint density at radius 2 is 2.33 bits per heavy atom. The molecule has 0 saturated heterocycles. The summed E-state index contributed by atoms with van der Waals surface area (Å²) in [6, 6.07) is 5.62. The van der Waals surface area contributed by atoms with Crippen LogP contribution in [0.3, 0.4) is 0 Å². The van der Waals surface area contributed by atoms with E-state index in [0.717, 1.165) is 16.9 Å². The van der Waals surface area contributed by atoms with Gasteiger partial charge in [-0.2, -0.15) is 0 Å². The molecule has 0 amide bonds. The highest BCUT2D eigenvalue weighted by Gasteiger charge is 2.04. The van der Waals surface area contributed by atoms with Gasteiger partial charge in [-0.05, 0) is 35.3 Å². The molecule has 2 rings (SSSR count). The van der Waals surface area contributed by atoms with Crippen LogP contribution in [0, 0.1) is 0 Å². The zero-order valence-corrected chi connectivity index (χ0v) is 12.1. The number of hydrogen-bond acceptors (Lipinski definition) is 5. The van der Waals surface area contributed by atoms with E-state index in [1.807, 2.05) is 23.6 Å². The predicted molar refractivity (Wildman–Crippen MR) is 76.5 cm³/mol. The Labute approximate surface area is 117 Å². The molecule has 0 fully saturated rings. The van der Waals surface area contributed by atoms with Crippen molar-refractivity contribution in [1.82, 2.24) is 9.59 Å². The minimum absolute atomic E-state index is 0.465. The van der Waals surface area contributed by atoms with E-state index in [1.54, 1.807) is 6.26 Å². The normalized spacial score (nSPS) is 12.3. The smallest absolute Gasteiger partial charge is 0.0946 e. The van der Waals surface area contributed by atoms with Crippen LogP contribution in [0.25, 0.3) is 0 Å². The summed E-state index contributed by atoms with van der Waals surface area (Å²) in [4.78, 5) is 0. The average molecular weight is 302 g/mol. The van der Waals surface area contributed by atoms with Crippen molar-refractivity contribution in [1.29, 1.82) is 0 Å². The second-order valence-electron chi connectivity index (χ2n) is 3.77. The summed E-state index contributed by atoms with van der Waals surface area (Å²) in [5.41, 5.74) is 2.72. The molecule has 0 aliphatic carbocycles. The van der Waals surface area contributed by atoms with Gasteiger partial charge in [-0.25, -0.2) is 0 Å². The summed E-state index contributed by atoms with van der Waals surface area (Å²) < 4.78 is 15.0. The van der Waals surface area contributed by atoms with Crippen LogP contribution >= 0.6 is 23.1 Å². The van der Waals surface area contributed by atoms with Crippen molar-refractivity contribution in [3.8, 4) is 0 Å². The number of benzene rings is 1. The number of aromatic nitrogens is 2. The molecule has 0 aliphatic rings. The number of nitrogens with one attached hydrogen (secondary N) is 1. The van der Waals surface area contributed by atoms with Crippen LogP contribution in [0.2, 0.25) is 5.02 Å². The summed E-state index contributed by atoms with van der Waals surface area (Å²) in [6.45, 7) is 0.618. The Kier molecular flexibility index (Phi) is 4.68. The third-order valence-corrected chi connectivity index (χ3v) is 3.92. The lowest BCUT2D eigenvalue weighted by Gasteiger charge is -2.08. The topological polar surface area (TPSA) is 54.9 Å². The zero-order valence-electron chi connectivity index (χ0n) is 9.72. The van der Waals surface area contributed by atoms with Gasteiger partial charge < -0.3 is 5.32 Å². The summed E-state index contributed by atoms with van der Waals surface area (Å²) in [7, 11) is -0.901. The minimum atomic E-state index is -0.901. The average Bonchev–Trinajstić information content (AvgIpc) is 2.82. The van der Waals surface area contributed by atoms with Crippen LogP contribution in [0.5, 0.6) is 0 Å². The second-order valence-corrected chi connectivity index (χ2v) is 6.23. The molecule has 0 saturated carbocycles. The van der Waals surface area contributed by atoms with E-state index in [-0.39, 0.29) is 0 Å². The molecule has 1 N–H and O–H groups in total. The Balaban J connectivity index is 2.06. The maximum absolute atomic E-state index is 11.2. The molecule has 1 atom stereocenters. The van der Waals surface area contributed by atoms with Crippen molar-refractivity contribution in [2.45, 2.75) is 12.3 Å². The third kappa shape index (κ3) is 3.76. The van der Waals surface area contributed by atoms with Crippen molar-refractivity contribution in [2.24, 2.45) is 0 Å². The summed E-state index contributed by atoms with van der Waals surface area (Å²) in [6.07, 6.45) is 1.66. The van der Waals surface area contributed by atoms with Gasteiger partial charge in [0.05, 0.1) is 12.2 Å². The number of halogens is 1. The van der Waals surface area contributed by atoms with Crippen molar-refractivity contribution in [3.63, 3.8) is 0 Å². The van der Waals surface area contributed by atoms with Gasteiger partial charge in [-0.15, -0.1) is 5.10 Å². The molecule has 4 nitrogen and oxygen atoms in total. The van der Waals surface area contributed by atoms with Crippen LogP contribution in [0.1, 0.15) is 11.3 Å². The molecular formula is C11H12ClN3OS2. The molecule has 96 valence electrons. The monoisotopic (exact) mass is 301 g/mol. The Morgan fingerprint density at radius 3 is 3.00 bits per heavy atom. The van der Waals surface area contributed by atoms with E-state index in [1.165, 1.54) is 11.5 Å². The fourth-order valence-corrected chi connectivity index (χ4v) is 2.86. The Bertz CT molecular complexity index is 545. The molecule has 18 heavy (non-hydrogen) atoms. The number of rotatable bonds is 5. The predicted octanol–water partition coefficient (Wildman–Crippen LogP) is 2.68. The molecular weight excluding hydrogens is 290 g/mol. The largest absolute Gasteiger partial charge is 0.379 e. The first-order valence-electron chi connectivity index (χ1n) is 5.23. The molecule has 0 spiro atoms. The Morgan fingerprint density at radius 1 is 1.50 bits per heavy atom. The van der Waals surface area contributed by atoms with Gasteiger partial charge in [0, 0.05) is 38.9 Å². The van der Waals surface area contributed by atoms with Crippen LogP contribution in [0.4, 0.5) is 5.69 Å². The molecule has 1 aromatic carbocycles. The zero-order chi connectivity index (χ0) is 13.0. The van der Waals surface area contributed by atoms with Crippen molar-refractivity contribution < 1.29 is 4.21 Å². The van der Waals surface area contributed by atoms with E-state index >= 15 is 0 Å². The van der Waals surface area contributed by atoms with Gasteiger partial charge in [-0.3, -0.25) is 4.21 Å². The molecule has 7 heteroatoms. The highest BCUT2D eigenvalue weighted by atomic mass is 35.5. The van der Waals surface area contributed by atoms with Gasteiger partial charge >= 0.3 is 0 Å². The molecule has 2 aromatic rings. The summed E-state index contributed by atoms with van der Waals surface area (Å²) >= 11 is 7.38. The first-order valence-corrected chi connectivity index (χ1v) is 8.17. The summed E-state index contributed by atoms with van der Waals surface area (Å²) in [5, 5.41) is 9.72. The van der Waals surface area contributed by atoms with Gasteiger partial charge in [-0.1, -0.05) is 16.1 Å². The molecule has 1 aromatic heterocycles. The van der Waals surface area contributed by atoms with E-state index in [4.69, 9.17) is 11.6 Å². The molecule has 0 bridgehead atoms. The van der Waals surface area contributed by atoms with Crippen LogP contribution in [0.15, 0.2) is 23.6 Å². The Hall–Kier alpha value is -0.980. The quantitative estimate of drug-likeness (QED) is 0.922. The van der Waals surface area contributed by atoms with Crippen molar-refractivity contribution in [3.05, 3.63) is 39.9 Å². The van der Waals surface area contributed by atoms with E-state index < -0.39 is 10.8 Å². The van der Waals surface area contributed by atoms with Gasteiger partial charge in [0.2, 0.25) is 0 Å². The lowest BCUT2D eigenvalue weighted by Crippen LogP contribution is -2.01. The number of nitrogens with zero attached hydrogens (tertiary/aromatic N) is 2. The highest BCUT2D eigenvalue weighted by molar-refractivity contribution is 7.83. The number of anilines is 1. The lowest BCUT2D eigenvalue weighted by molar-refractivity contribution is 0.686. The van der Waals surface area contributed by atoms with Crippen molar-refractivity contribution in [2.75, 3.05) is 11.6 Å². The van der Waals surface area contributed by atoms with E-state index in [2.05, 4.69) is 14.9 Å². The minimum Gasteiger partial charge on any atom is -0.379 e. The van der Waals surface area contributed by atoms with Gasteiger partial charge in [0.1, 0.15) is 0 Å². The first kappa shape index (κ1) is 13.5. The van der Waals surface area contributed by atoms with Crippen molar-refractivity contribution >= 4 is 39.6 Å². The second kappa shape index (κ2) is 6.26. The lowest BCUT2D eigenvalue weighted by atomic mass is 10.2.